The molecule has 1 rings (SSSR count). The van der Waals surface area contributed by atoms with E-state index >= 15 is 0 Å². The van der Waals surface area contributed by atoms with E-state index in [9.17, 15) is 0 Å². The minimum absolute atomic E-state index is 0. The second-order valence-electron chi connectivity index (χ2n) is 3.11. The lowest BCUT2D eigenvalue weighted by Gasteiger charge is -2.26. The lowest BCUT2D eigenvalue weighted by molar-refractivity contribution is -0.779. The lowest BCUT2D eigenvalue weighted by Crippen LogP contribution is -3.00. The Labute approximate surface area is 85.3 Å². The first kappa shape index (κ1) is 11.8. The summed E-state index contributed by atoms with van der Waals surface area (Å²) in [5.74, 6) is 0. The highest BCUT2D eigenvalue weighted by molar-refractivity contribution is 5.50. The van der Waals surface area contributed by atoms with Crippen LogP contribution in [0.1, 0.15) is 26.7 Å². The van der Waals surface area contributed by atoms with Crippen molar-refractivity contribution in [1.29, 1.82) is 0 Å². The van der Waals surface area contributed by atoms with Gasteiger partial charge in [0.25, 0.3) is 0 Å². The van der Waals surface area contributed by atoms with Crippen molar-refractivity contribution in [2.45, 2.75) is 26.7 Å². The smallest absolute Gasteiger partial charge is 0.194 e. The predicted octanol–water partition coefficient (Wildman–Crippen LogP) is -0.860. The van der Waals surface area contributed by atoms with E-state index in [1.807, 2.05) is 12.5 Å². The summed E-state index contributed by atoms with van der Waals surface area (Å²) in [5.41, 5.74) is 0. The number of nitrogens with zero attached hydrogens (tertiary/aromatic N) is 2. The Balaban J connectivity index is 0.00000121. The van der Waals surface area contributed by atoms with E-state index in [-0.39, 0.29) is 17.0 Å². The van der Waals surface area contributed by atoms with E-state index in [4.69, 9.17) is 0 Å². The monoisotopic (exact) mass is 232 g/mol. The third-order valence-electron chi connectivity index (χ3n) is 2.03. The fourth-order valence-electron chi connectivity index (χ4n) is 1.59. The molecule has 0 saturated carbocycles. The summed E-state index contributed by atoms with van der Waals surface area (Å²) in [4.78, 5) is 4.14. The van der Waals surface area contributed by atoms with Gasteiger partial charge in [-0.05, 0) is 12.8 Å². The highest BCUT2D eigenvalue weighted by Crippen LogP contribution is 2.12. The molecular formula is C9H17BrN2. The standard InChI is InChI=1S/C9H17N2.BrH/c1-3-6-11(7-4-2)8-5-10-9-11;/h5,8-9H,3-4,6-7H2,1-2H3;1H/q+1;/p-1. The van der Waals surface area contributed by atoms with Gasteiger partial charge in [0.1, 0.15) is 6.20 Å². The summed E-state index contributed by atoms with van der Waals surface area (Å²) < 4.78 is 0.965. The van der Waals surface area contributed by atoms with E-state index in [0.29, 0.717) is 0 Å². The van der Waals surface area contributed by atoms with Crippen LogP contribution in [0.3, 0.4) is 0 Å². The van der Waals surface area contributed by atoms with Crippen LogP contribution in [0.25, 0.3) is 0 Å². The molecule has 12 heavy (non-hydrogen) atoms. The van der Waals surface area contributed by atoms with Crippen molar-refractivity contribution < 1.29 is 21.5 Å². The highest BCUT2D eigenvalue weighted by Gasteiger charge is 2.22. The van der Waals surface area contributed by atoms with Gasteiger partial charge in [0.05, 0.1) is 19.3 Å². The zero-order chi connectivity index (χ0) is 8.16. The number of hydrogen-bond acceptors (Lipinski definition) is 1. The molecule has 3 heteroatoms. The third-order valence-corrected chi connectivity index (χ3v) is 2.03. The van der Waals surface area contributed by atoms with Crippen LogP contribution in [0.5, 0.6) is 0 Å². The minimum Gasteiger partial charge on any atom is -1.00 e. The van der Waals surface area contributed by atoms with E-state index in [2.05, 4.69) is 25.0 Å². The Morgan fingerprint density at radius 1 is 1.17 bits per heavy atom. The van der Waals surface area contributed by atoms with Gasteiger partial charge in [-0.2, -0.15) is 0 Å². The molecule has 2 nitrogen and oxygen atoms in total. The van der Waals surface area contributed by atoms with Gasteiger partial charge in [-0.1, -0.05) is 13.8 Å². The van der Waals surface area contributed by atoms with E-state index < -0.39 is 0 Å². The van der Waals surface area contributed by atoms with Crippen molar-refractivity contribution in [2.75, 3.05) is 13.1 Å². The Morgan fingerprint density at radius 2 is 1.75 bits per heavy atom. The molecule has 0 unspecified atom stereocenters. The van der Waals surface area contributed by atoms with Gasteiger partial charge < -0.3 is 17.0 Å². The first-order valence-electron chi connectivity index (χ1n) is 4.41. The Hall–Kier alpha value is -0.150. The number of halogens is 1. The van der Waals surface area contributed by atoms with E-state index in [0.717, 1.165) is 4.48 Å². The van der Waals surface area contributed by atoms with Crippen LogP contribution in [0, 0.1) is 0 Å². The van der Waals surface area contributed by atoms with Crippen molar-refractivity contribution in [3.8, 4) is 0 Å². The Bertz CT molecular complexity index is 155. The third kappa shape index (κ3) is 2.72. The molecule has 0 aromatic rings. The number of aliphatic imine (C=N–C) groups is 1. The largest absolute Gasteiger partial charge is 1.00 e. The van der Waals surface area contributed by atoms with Crippen molar-refractivity contribution >= 4 is 6.34 Å². The second kappa shape index (κ2) is 5.49. The minimum atomic E-state index is 0. The van der Waals surface area contributed by atoms with Gasteiger partial charge >= 0.3 is 0 Å². The summed E-state index contributed by atoms with van der Waals surface area (Å²) in [6.45, 7) is 6.81. The van der Waals surface area contributed by atoms with Gasteiger partial charge in [-0.15, -0.1) is 0 Å². The summed E-state index contributed by atoms with van der Waals surface area (Å²) in [7, 11) is 0. The number of hydrogen-bond donors (Lipinski definition) is 0. The molecule has 70 valence electrons. The number of quaternary nitrogens is 1. The highest BCUT2D eigenvalue weighted by atomic mass is 79.9. The summed E-state index contributed by atoms with van der Waals surface area (Å²) in [6, 6.07) is 0. The maximum absolute atomic E-state index is 4.14. The maximum Gasteiger partial charge on any atom is 0.194 e. The molecule has 0 spiro atoms. The summed E-state index contributed by atoms with van der Waals surface area (Å²) in [6.07, 6.45) is 8.58. The SMILES string of the molecule is CCC[N+]1(CCC)C=CN=C1.[Br-]. The van der Waals surface area contributed by atoms with Crippen molar-refractivity contribution in [1.82, 2.24) is 0 Å². The summed E-state index contributed by atoms with van der Waals surface area (Å²) >= 11 is 0. The zero-order valence-corrected chi connectivity index (χ0v) is 9.42. The zero-order valence-electron chi connectivity index (χ0n) is 7.83. The normalized spacial score (nSPS) is 17.8. The molecule has 0 aromatic carbocycles. The molecule has 0 atom stereocenters. The van der Waals surface area contributed by atoms with Crippen molar-refractivity contribution in [3.05, 3.63) is 12.4 Å². The second-order valence-corrected chi connectivity index (χ2v) is 3.11. The van der Waals surface area contributed by atoms with Gasteiger partial charge in [0.2, 0.25) is 0 Å². The van der Waals surface area contributed by atoms with Crippen LogP contribution < -0.4 is 17.0 Å². The molecule has 1 heterocycles. The molecule has 0 saturated heterocycles. The molecule has 0 fully saturated rings. The average molecular weight is 233 g/mol. The molecule has 0 bridgehead atoms. The molecule has 0 N–H and O–H groups in total. The fraction of sp³-hybridized carbons (Fsp3) is 0.667. The fourth-order valence-corrected chi connectivity index (χ4v) is 1.59. The van der Waals surface area contributed by atoms with E-state index in [1.165, 1.54) is 25.9 Å². The summed E-state index contributed by atoms with van der Waals surface area (Å²) in [5, 5.41) is 0. The van der Waals surface area contributed by atoms with Gasteiger partial charge in [-0.25, -0.2) is 4.99 Å². The van der Waals surface area contributed by atoms with Crippen LogP contribution in [-0.4, -0.2) is 23.9 Å². The molecule has 0 radical (unpaired) electrons. The van der Waals surface area contributed by atoms with Crippen molar-refractivity contribution in [2.24, 2.45) is 4.99 Å². The van der Waals surface area contributed by atoms with Crippen molar-refractivity contribution in [3.63, 3.8) is 0 Å². The Kier molecular flexibility index (Phi) is 5.42. The molecule has 0 amide bonds. The molecule has 1 aliphatic heterocycles. The van der Waals surface area contributed by atoms with Gasteiger partial charge in [-0.3, -0.25) is 4.48 Å². The first-order valence-corrected chi connectivity index (χ1v) is 4.41. The van der Waals surface area contributed by atoms with Crippen LogP contribution in [-0.2, 0) is 0 Å². The lowest BCUT2D eigenvalue weighted by atomic mass is 10.3. The molecule has 0 aliphatic carbocycles. The van der Waals surface area contributed by atoms with Gasteiger partial charge in [0.15, 0.2) is 6.34 Å². The van der Waals surface area contributed by atoms with Crippen LogP contribution in [0.4, 0.5) is 0 Å². The predicted molar refractivity (Wildman–Crippen MR) is 48.2 cm³/mol. The Morgan fingerprint density at radius 3 is 2.08 bits per heavy atom. The van der Waals surface area contributed by atoms with E-state index in [1.54, 1.807) is 0 Å². The average Bonchev–Trinajstić information content (AvgIpc) is 2.39. The topological polar surface area (TPSA) is 12.4 Å². The maximum atomic E-state index is 4.14. The molecular weight excluding hydrogens is 216 g/mol. The number of rotatable bonds is 4. The molecule has 0 aromatic heterocycles. The van der Waals surface area contributed by atoms with Crippen LogP contribution in [0.15, 0.2) is 17.4 Å². The van der Waals surface area contributed by atoms with Crippen LogP contribution in [0.2, 0.25) is 0 Å². The molecule has 1 aliphatic rings. The van der Waals surface area contributed by atoms with Crippen LogP contribution >= 0.6 is 0 Å². The van der Waals surface area contributed by atoms with Gasteiger partial charge in [0, 0.05) is 0 Å². The first-order chi connectivity index (χ1) is 5.33. The quantitative estimate of drug-likeness (QED) is 0.560.